The van der Waals surface area contributed by atoms with Gasteiger partial charge in [0.25, 0.3) is 0 Å². The lowest BCUT2D eigenvalue weighted by Gasteiger charge is -2.08. The van der Waals surface area contributed by atoms with Gasteiger partial charge in [0.1, 0.15) is 19.0 Å². The molecule has 0 saturated heterocycles. The minimum absolute atomic E-state index is 0.109. The Bertz CT molecular complexity index is 622. The number of carbonyl (C=O) groups excluding carboxylic acids is 2. The summed E-state index contributed by atoms with van der Waals surface area (Å²) in [5, 5.41) is 0. The number of ether oxygens (including phenoxy) is 2. The molecule has 0 fully saturated rings. The molecule has 107 valence electrons. The van der Waals surface area contributed by atoms with Crippen LogP contribution in [0.5, 0.6) is 5.75 Å². The predicted octanol–water partition coefficient (Wildman–Crippen LogP) is 2.98. The van der Waals surface area contributed by atoms with Gasteiger partial charge in [-0.2, -0.15) is 0 Å². The van der Waals surface area contributed by atoms with Gasteiger partial charge in [-0.25, -0.2) is 4.79 Å². The van der Waals surface area contributed by atoms with Crippen molar-refractivity contribution in [2.45, 2.75) is 0 Å². The van der Waals surface area contributed by atoms with Crippen molar-refractivity contribution in [3.63, 3.8) is 0 Å². The Kier molecular flexibility index (Phi) is 5.74. The Morgan fingerprint density at radius 3 is 2.48 bits per heavy atom. The van der Waals surface area contributed by atoms with Crippen LogP contribution >= 0.6 is 22.6 Å². The summed E-state index contributed by atoms with van der Waals surface area (Å²) in [4.78, 5) is 22.5. The Labute approximate surface area is 136 Å². The summed E-state index contributed by atoms with van der Waals surface area (Å²) in [6, 6.07) is 13.9. The first-order valence-electron chi connectivity index (χ1n) is 6.23. The number of benzene rings is 2. The van der Waals surface area contributed by atoms with Crippen LogP contribution in [0.4, 0.5) is 0 Å². The molecule has 0 spiro atoms. The number of halogens is 1. The number of rotatable bonds is 6. The van der Waals surface area contributed by atoms with Gasteiger partial charge in [-0.15, -0.1) is 0 Å². The van der Waals surface area contributed by atoms with E-state index in [1.165, 1.54) is 12.1 Å². The molecular formula is C16H12IO4. The van der Waals surface area contributed by atoms with Crippen molar-refractivity contribution in [3.05, 3.63) is 63.2 Å². The standard InChI is InChI=1S/C16H12IO4/c17-13-5-7-14(8-6-13)20-9-10-21-16(19)15-4-2-1-3-12(15)11-18/h1-8H,9-10H2. The van der Waals surface area contributed by atoms with Gasteiger partial charge in [-0.05, 0) is 52.9 Å². The molecule has 0 unspecified atom stereocenters. The summed E-state index contributed by atoms with van der Waals surface area (Å²) in [5.41, 5.74) is 0.405. The molecule has 21 heavy (non-hydrogen) atoms. The Morgan fingerprint density at radius 1 is 1.05 bits per heavy atom. The molecule has 0 aliphatic carbocycles. The van der Waals surface area contributed by atoms with Gasteiger partial charge in [0.2, 0.25) is 6.29 Å². The summed E-state index contributed by atoms with van der Waals surface area (Å²) in [7, 11) is 0. The van der Waals surface area contributed by atoms with Crippen molar-refractivity contribution in [1.82, 2.24) is 0 Å². The van der Waals surface area contributed by atoms with Crippen molar-refractivity contribution in [2.75, 3.05) is 13.2 Å². The number of carbonyl (C=O) groups is 1. The van der Waals surface area contributed by atoms with E-state index in [0.717, 1.165) is 3.57 Å². The van der Waals surface area contributed by atoms with Crippen LogP contribution in [0, 0.1) is 3.57 Å². The summed E-state index contributed by atoms with van der Waals surface area (Å²) in [5.74, 6) is 0.160. The number of hydrogen-bond acceptors (Lipinski definition) is 4. The van der Waals surface area contributed by atoms with Gasteiger partial charge in [0.05, 0.1) is 5.56 Å². The third kappa shape index (κ3) is 4.56. The highest BCUT2D eigenvalue weighted by Gasteiger charge is 2.12. The first-order valence-corrected chi connectivity index (χ1v) is 7.31. The molecule has 5 heteroatoms. The fourth-order valence-corrected chi connectivity index (χ4v) is 2.01. The Hall–Kier alpha value is -1.89. The zero-order chi connectivity index (χ0) is 15.1. The first kappa shape index (κ1) is 15.5. The molecule has 0 amide bonds. The van der Waals surface area contributed by atoms with E-state index in [1.54, 1.807) is 18.4 Å². The number of esters is 1. The van der Waals surface area contributed by atoms with Crippen molar-refractivity contribution >= 4 is 34.8 Å². The van der Waals surface area contributed by atoms with E-state index in [1.807, 2.05) is 24.3 Å². The highest BCUT2D eigenvalue weighted by atomic mass is 127. The smallest absolute Gasteiger partial charge is 0.339 e. The maximum absolute atomic E-state index is 11.8. The van der Waals surface area contributed by atoms with Crippen LogP contribution in [0.3, 0.4) is 0 Å². The average Bonchev–Trinajstić information content (AvgIpc) is 2.53. The van der Waals surface area contributed by atoms with E-state index in [4.69, 9.17) is 9.47 Å². The molecular weight excluding hydrogens is 383 g/mol. The molecule has 2 aromatic rings. The average molecular weight is 395 g/mol. The molecule has 0 bridgehead atoms. The van der Waals surface area contributed by atoms with Gasteiger partial charge in [-0.3, -0.25) is 4.79 Å². The van der Waals surface area contributed by atoms with Crippen LogP contribution in [-0.2, 0) is 9.53 Å². The SMILES string of the molecule is O=[C]c1ccccc1C(=O)OCCOc1ccc(I)cc1. The van der Waals surface area contributed by atoms with Crippen LogP contribution < -0.4 is 4.74 Å². The maximum Gasteiger partial charge on any atom is 0.339 e. The van der Waals surface area contributed by atoms with E-state index < -0.39 is 5.97 Å². The first-order chi connectivity index (χ1) is 10.2. The van der Waals surface area contributed by atoms with E-state index >= 15 is 0 Å². The quantitative estimate of drug-likeness (QED) is 0.429. The molecule has 0 atom stereocenters. The fraction of sp³-hybridized carbons (Fsp3) is 0.125. The van der Waals surface area contributed by atoms with Crippen LogP contribution in [0.2, 0.25) is 0 Å². The molecule has 0 aliphatic rings. The van der Waals surface area contributed by atoms with Gasteiger partial charge >= 0.3 is 5.97 Å². The van der Waals surface area contributed by atoms with Crippen LogP contribution in [0.25, 0.3) is 0 Å². The highest BCUT2D eigenvalue weighted by Crippen LogP contribution is 2.13. The lowest BCUT2D eigenvalue weighted by atomic mass is 10.1. The summed E-state index contributed by atoms with van der Waals surface area (Å²) in [6.45, 7) is 0.358. The zero-order valence-electron chi connectivity index (χ0n) is 11.0. The monoisotopic (exact) mass is 395 g/mol. The van der Waals surface area contributed by atoms with E-state index in [0.29, 0.717) is 5.75 Å². The molecule has 0 N–H and O–H groups in total. The van der Waals surface area contributed by atoms with Crippen molar-refractivity contribution < 1.29 is 19.1 Å². The van der Waals surface area contributed by atoms with Gasteiger partial charge in [0, 0.05) is 9.13 Å². The predicted molar refractivity (Wildman–Crippen MR) is 86.2 cm³/mol. The molecule has 1 radical (unpaired) electrons. The van der Waals surface area contributed by atoms with E-state index in [2.05, 4.69) is 22.6 Å². The minimum atomic E-state index is -0.555. The maximum atomic E-state index is 11.8. The van der Waals surface area contributed by atoms with Gasteiger partial charge in [-0.1, -0.05) is 18.2 Å². The normalized spacial score (nSPS) is 9.95. The third-order valence-electron chi connectivity index (χ3n) is 2.66. The highest BCUT2D eigenvalue weighted by molar-refractivity contribution is 14.1. The molecule has 4 nitrogen and oxygen atoms in total. The lowest BCUT2D eigenvalue weighted by Crippen LogP contribution is -2.13. The second-order valence-corrected chi connectivity index (χ2v) is 5.33. The third-order valence-corrected chi connectivity index (χ3v) is 3.37. The molecule has 0 aromatic heterocycles. The molecule has 0 heterocycles. The van der Waals surface area contributed by atoms with Crippen LogP contribution in [0.15, 0.2) is 48.5 Å². The summed E-state index contributed by atoms with van der Waals surface area (Å²) >= 11 is 2.21. The Morgan fingerprint density at radius 2 is 1.76 bits per heavy atom. The second kappa shape index (κ2) is 7.78. The molecule has 2 aromatic carbocycles. The lowest BCUT2D eigenvalue weighted by molar-refractivity contribution is 0.0450. The summed E-state index contributed by atoms with van der Waals surface area (Å²) < 4.78 is 11.6. The summed E-state index contributed by atoms with van der Waals surface area (Å²) in [6.07, 6.45) is 1.72. The Balaban J connectivity index is 1.82. The van der Waals surface area contributed by atoms with Gasteiger partial charge < -0.3 is 9.47 Å². The van der Waals surface area contributed by atoms with E-state index in [-0.39, 0.29) is 24.3 Å². The van der Waals surface area contributed by atoms with Gasteiger partial charge in [0.15, 0.2) is 0 Å². The molecule has 2 rings (SSSR count). The van der Waals surface area contributed by atoms with Crippen molar-refractivity contribution in [2.24, 2.45) is 0 Å². The van der Waals surface area contributed by atoms with Crippen molar-refractivity contribution in [3.8, 4) is 5.75 Å². The fourth-order valence-electron chi connectivity index (χ4n) is 1.65. The zero-order valence-corrected chi connectivity index (χ0v) is 13.2. The topological polar surface area (TPSA) is 52.6 Å². The molecule has 0 saturated carbocycles. The van der Waals surface area contributed by atoms with E-state index in [9.17, 15) is 9.59 Å². The second-order valence-electron chi connectivity index (χ2n) is 4.09. The minimum Gasteiger partial charge on any atom is -0.490 e. The number of hydrogen-bond donors (Lipinski definition) is 0. The van der Waals surface area contributed by atoms with Crippen LogP contribution in [0.1, 0.15) is 15.9 Å². The van der Waals surface area contributed by atoms with Crippen molar-refractivity contribution in [1.29, 1.82) is 0 Å². The largest absolute Gasteiger partial charge is 0.490 e. The van der Waals surface area contributed by atoms with Crippen LogP contribution in [-0.4, -0.2) is 25.5 Å². The molecule has 0 aliphatic heterocycles.